The van der Waals surface area contributed by atoms with Crippen molar-refractivity contribution >= 4 is 11.9 Å². The van der Waals surface area contributed by atoms with Crippen molar-refractivity contribution in [1.82, 2.24) is 5.32 Å². The van der Waals surface area contributed by atoms with E-state index in [1.165, 1.54) is 14.2 Å². The first kappa shape index (κ1) is 26.5. The van der Waals surface area contributed by atoms with Gasteiger partial charge in [-0.25, -0.2) is 0 Å². The first-order chi connectivity index (χ1) is 17.0. The fraction of sp³-hybridized carbons (Fsp3) is 0.481. The van der Waals surface area contributed by atoms with Crippen molar-refractivity contribution in [3.8, 4) is 11.5 Å². The summed E-state index contributed by atoms with van der Waals surface area (Å²) < 4.78 is 26.8. The SMILES string of the molecule is COC(=O)C(C(=O)OC)[C@@H](CCOCc1ccccc1)C[C@H]1NCCc2cc(OC)c(OC)cc21. The maximum atomic E-state index is 12.7. The van der Waals surface area contributed by atoms with Gasteiger partial charge in [-0.15, -0.1) is 0 Å². The van der Waals surface area contributed by atoms with E-state index in [0.717, 1.165) is 29.7 Å². The zero-order valence-electron chi connectivity index (χ0n) is 20.9. The lowest BCUT2D eigenvalue weighted by Crippen LogP contribution is -2.38. The number of carbonyl (C=O) groups is 2. The summed E-state index contributed by atoms with van der Waals surface area (Å²) in [6.45, 7) is 1.61. The third-order valence-corrected chi connectivity index (χ3v) is 6.47. The number of carbonyl (C=O) groups excluding carboxylic acids is 2. The Morgan fingerprint density at radius 3 is 2.26 bits per heavy atom. The second-order valence-electron chi connectivity index (χ2n) is 8.51. The summed E-state index contributed by atoms with van der Waals surface area (Å²) in [5.41, 5.74) is 3.28. The number of rotatable bonds is 12. The van der Waals surface area contributed by atoms with Crippen LogP contribution in [-0.2, 0) is 36.8 Å². The molecule has 0 unspecified atom stereocenters. The standard InChI is InChI=1S/C27H35NO7/c1-31-23-15-19-10-12-28-22(21(19)16-24(23)32-2)14-20(25(26(29)33-3)27(30)34-4)11-13-35-17-18-8-6-5-7-9-18/h5-9,15-16,20,22,25,28H,10-14,17H2,1-4H3/t20-,22+/m0/s1. The van der Waals surface area contributed by atoms with Crippen molar-refractivity contribution in [2.75, 3.05) is 41.6 Å². The smallest absolute Gasteiger partial charge is 0.320 e. The van der Waals surface area contributed by atoms with Gasteiger partial charge in [0.1, 0.15) is 0 Å². The van der Waals surface area contributed by atoms with Gasteiger partial charge in [0.05, 0.1) is 35.0 Å². The lowest BCUT2D eigenvalue weighted by atomic mass is 9.80. The molecule has 1 aliphatic heterocycles. The summed E-state index contributed by atoms with van der Waals surface area (Å²) >= 11 is 0. The molecule has 0 saturated heterocycles. The molecule has 3 rings (SSSR count). The molecule has 35 heavy (non-hydrogen) atoms. The van der Waals surface area contributed by atoms with Crippen LogP contribution < -0.4 is 14.8 Å². The molecule has 8 nitrogen and oxygen atoms in total. The van der Waals surface area contributed by atoms with Crippen LogP contribution in [0.5, 0.6) is 11.5 Å². The van der Waals surface area contributed by atoms with Crippen molar-refractivity contribution in [3.63, 3.8) is 0 Å². The summed E-state index contributed by atoms with van der Waals surface area (Å²) in [5, 5.41) is 3.54. The summed E-state index contributed by atoms with van der Waals surface area (Å²) in [7, 11) is 5.79. The maximum absolute atomic E-state index is 12.7. The molecule has 190 valence electrons. The Balaban J connectivity index is 1.82. The van der Waals surface area contributed by atoms with Crippen molar-refractivity contribution in [3.05, 3.63) is 59.2 Å². The van der Waals surface area contributed by atoms with Gasteiger partial charge in [0.25, 0.3) is 0 Å². The molecular weight excluding hydrogens is 450 g/mol. The van der Waals surface area contributed by atoms with E-state index in [-0.39, 0.29) is 12.0 Å². The Labute approximate surface area is 206 Å². The molecule has 0 saturated carbocycles. The molecule has 0 aliphatic carbocycles. The van der Waals surface area contributed by atoms with Gasteiger partial charge in [-0.2, -0.15) is 0 Å². The molecule has 1 heterocycles. The highest BCUT2D eigenvalue weighted by Crippen LogP contribution is 2.39. The van der Waals surface area contributed by atoms with Gasteiger partial charge in [-0.05, 0) is 60.5 Å². The topological polar surface area (TPSA) is 92.3 Å². The molecule has 0 fully saturated rings. The van der Waals surface area contributed by atoms with Crippen molar-refractivity contribution in [2.45, 2.75) is 31.9 Å². The average molecular weight is 486 g/mol. The number of hydrogen-bond donors (Lipinski definition) is 1. The van der Waals surface area contributed by atoms with Gasteiger partial charge in [0.2, 0.25) is 0 Å². The highest BCUT2D eigenvalue weighted by Gasteiger charge is 2.39. The zero-order valence-corrected chi connectivity index (χ0v) is 20.9. The van der Waals surface area contributed by atoms with E-state index in [0.29, 0.717) is 37.6 Å². The summed E-state index contributed by atoms with van der Waals surface area (Å²) in [5.74, 6) is -1.29. The second-order valence-corrected chi connectivity index (χ2v) is 8.51. The number of nitrogens with one attached hydrogen (secondary N) is 1. The van der Waals surface area contributed by atoms with Crippen LogP contribution in [0.25, 0.3) is 0 Å². The minimum absolute atomic E-state index is 0.0884. The molecule has 0 spiro atoms. The molecule has 1 N–H and O–H groups in total. The van der Waals surface area contributed by atoms with Gasteiger partial charge in [0, 0.05) is 12.6 Å². The van der Waals surface area contributed by atoms with Crippen LogP contribution in [0.15, 0.2) is 42.5 Å². The monoisotopic (exact) mass is 485 g/mol. The number of fused-ring (bicyclic) bond motifs is 1. The van der Waals surface area contributed by atoms with Gasteiger partial charge < -0.3 is 29.0 Å². The first-order valence-electron chi connectivity index (χ1n) is 11.8. The molecule has 2 aromatic carbocycles. The Bertz CT molecular complexity index is 963. The Morgan fingerprint density at radius 2 is 1.63 bits per heavy atom. The van der Waals surface area contributed by atoms with Crippen LogP contribution in [0, 0.1) is 11.8 Å². The number of methoxy groups -OCH3 is 4. The van der Waals surface area contributed by atoms with Gasteiger partial charge in [0.15, 0.2) is 17.4 Å². The van der Waals surface area contributed by atoms with Gasteiger partial charge in [-0.1, -0.05) is 30.3 Å². The van der Waals surface area contributed by atoms with Crippen LogP contribution in [0.1, 0.15) is 35.6 Å². The Morgan fingerprint density at radius 1 is 0.971 bits per heavy atom. The van der Waals surface area contributed by atoms with Crippen LogP contribution in [0.3, 0.4) is 0 Å². The summed E-state index contributed by atoms with van der Waals surface area (Å²) in [4.78, 5) is 25.3. The molecule has 2 atom stereocenters. The minimum atomic E-state index is -1.04. The highest BCUT2D eigenvalue weighted by molar-refractivity contribution is 5.95. The van der Waals surface area contributed by atoms with Gasteiger partial charge in [-0.3, -0.25) is 9.59 Å². The van der Waals surface area contributed by atoms with E-state index in [1.807, 2.05) is 42.5 Å². The number of ether oxygens (including phenoxy) is 5. The molecule has 2 aromatic rings. The fourth-order valence-corrected chi connectivity index (χ4v) is 4.64. The van der Waals surface area contributed by atoms with Crippen molar-refractivity contribution in [1.29, 1.82) is 0 Å². The zero-order chi connectivity index (χ0) is 25.2. The summed E-state index contributed by atoms with van der Waals surface area (Å²) in [6, 6.07) is 13.7. The van der Waals surface area contributed by atoms with Crippen LogP contribution in [0.4, 0.5) is 0 Å². The molecule has 1 aliphatic rings. The van der Waals surface area contributed by atoms with E-state index < -0.39 is 17.9 Å². The lowest BCUT2D eigenvalue weighted by molar-refractivity contribution is -0.162. The van der Waals surface area contributed by atoms with Crippen LogP contribution in [-0.4, -0.2) is 53.5 Å². The third-order valence-electron chi connectivity index (χ3n) is 6.47. The summed E-state index contributed by atoms with van der Waals surface area (Å²) in [6.07, 6.45) is 1.85. The number of benzene rings is 2. The molecule has 0 bridgehead atoms. The van der Waals surface area contributed by atoms with Crippen LogP contribution in [0.2, 0.25) is 0 Å². The van der Waals surface area contributed by atoms with E-state index in [2.05, 4.69) is 5.32 Å². The van der Waals surface area contributed by atoms with E-state index >= 15 is 0 Å². The lowest BCUT2D eigenvalue weighted by Gasteiger charge is -2.32. The Hall–Kier alpha value is -3.10. The molecular formula is C27H35NO7. The average Bonchev–Trinajstić information content (AvgIpc) is 2.90. The molecule has 0 radical (unpaired) electrons. The van der Waals surface area contributed by atoms with Crippen molar-refractivity contribution < 1.29 is 33.3 Å². The minimum Gasteiger partial charge on any atom is -0.493 e. The maximum Gasteiger partial charge on any atom is 0.320 e. The normalized spacial score (nSPS) is 15.7. The quantitative estimate of drug-likeness (QED) is 0.278. The second kappa shape index (κ2) is 13.1. The van der Waals surface area contributed by atoms with E-state index in [1.54, 1.807) is 14.2 Å². The molecule has 0 aromatic heterocycles. The number of esters is 2. The molecule has 8 heteroatoms. The van der Waals surface area contributed by atoms with Crippen molar-refractivity contribution in [2.24, 2.45) is 11.8 Å². The van der Waals surface area contributed by atoms with Crippen LogP contribution >= 0.6 is 0 Å². The molecule has 0 amide bonds. The third kappa shape index (κ3) is 6.74. The first-order valence-corrected chi connectivity index (χ1v) is 11.8. The van der Waals surface area contributed by atoms with E-state index in [4.69, 9.17) is 23.7 Å². The Kier molecular flexibility index (Phi) is 9.93. The number of hydrogen-bond acceptors (Lipinski definition) is 8. The highest BCUT2D eigenvalue weighted by atomic mass is 16.5. The van der Waals surface area contributed by atoms with E-state index in [9.17, 15) is 9.59 Å². The predicted octanol–water partition coefficient (Wildman–Crippen LogP) is 3.47. The predicted molar refractivity (Wildman–Crippen MR) is 130 cm³/mol. The largest absolute Gasteiger partial charge is 0.493 e. The van der Waals surface area contributed by atoms with Gasteiger partial charge >= 0.3 is 11.9 Å². The fourth-order valence-electron chi connectivity index (χ4n) is 4.64.